The first kappa shape index (κ1) is 17.8. The van der Waals surface area contributed by atoms with Crippen molar-refractivity contribution in [2.45, 2.75) is 25.7 Å². The number of amides is 3. The van der Waals surface area contributed by atoms with Crippen LogP contribution in [0.4, 0.5) is 10.5 Å². The highest BCUT2D eigenvalue weighted by atomic mass is 16.5. The van der Waals surface area contributed by atoms with Gasteiger partial charge in [0.2, 0.25) is 0 Å². The van der Waals surface area contributed by atoms with Crippen LogP contribution in [0.3, 0.4) is 0 Å². The first-order valence-corrected chi connectivity index (χ1v) is 8.12. The third-order valence-corrected chi connectivity index (χ3v) is 3.89. The van der Waals surface area contributed by atoms with Crippen LogP contribution in [0.1, 0.15) is 36.0 Å². The molecule has 0 saturated carbocycles. The third-order valence-electron chi connectivity index (χ3n) is 3.89. The summed E-state index contributed by atoms with van der Waals surface area (Å²) >= 11 is 0. The van der Waals surface area contributed by atoms with Gasteiger partial charge in [0.15, 0.2) is 0 Å². The van der Waals surface area contributed by atoms with Crippen LogP contribution in [0, 0.1) is 0 Å². The van der Waals surface area contributed by atoms with Crippen LogP contribution in [0.15, 0.2) is 24.3 Å². The summed E-state index contributed by atoms with van der Waals surface area (Å²) in [5, 5.41) is 5.24. The summed E-state index contributed by atoms with van der Waals surface area (Å²) in [6.07, 6.45) is 3.26. The zero-order valence-electron chi connectivity index (χ0n) is 13.8. The fraction of sp³-hybridized carbons (Fsp3) is 0.471. The fourth-order valence-electron chi connectivity index (χ4n) is 2.59. The molecular formula is C17H23N3O4. The van der Waals surface area contributed by atoms with E-state index in [2.05, 4.69) is 15.4 Å². The molecule has 0 aromatic heterocycles. The number of para-hydroxylation sites is 1. The maximum Gasteiger partial charge on any atom is 0.319 e. The molecule has 1 aliphatic heterocycles. The van der Waals surface area contributed by atoms with E-state index in [4.69, 9.17) is 0 Å². The van der Waals surface area contributed by atoms with Gasteiger partial charge in [0, 0.05) is 19.6 Å². The molecule has 1 aromatic carbocycles. The number of rotatable bonds is 5. The molecule has 0 spiro atoms. The van der Waals surface area contributed by atoms with E-state index in [-0.39, 0.29) is 18.9 Å². The molecule has 2 rings (SSSR count). The first-order chi connectivity index (χ1) is 11.6. The van der Waals surface area contributed by atoms with E-state index in [0.29, 0.717) is 11.3 Å². The Kier molecular flexibility index (Phi) is 6.60. The molecule has 24 heavy (non-hydrogen) atoms. The molecule has 7 heteroatoms. The Balaban J connectivity index is 1.96. The average Bonchev–Trinajstić information content (AvgIpc) is 2.62. The maximum absolute atomic E-state index is 12.6. The largest absolute Gasteiger partial charge is 0.469 e. The maximum atomic E-state index is 12.6. The molecule has 0 unspecified atom stereocenters. The number of hydrogen-bond acceptors (Lipinski definition) is 4. The number of anilines is 1. The number of carbonyl (C=O) groups is 3. The molecule has 1 saturated heterocycles. The second-order valence-corrected chi connectivity index (χ2v) is 5.61. The van der Waals surface area contributed by atoms with E-state index in [9.17, 15) is 14.4 Å². The van der Waals surface area contributed by atoms with Gasteiger partial charge >= 0.3 is 12.0 Å². The van der Waals surface area contributed by atoms with Gasteiger partial charge in [-0.15, -0.1) is 0 Å². The number of benzene rings is 1. The number of ether oxygens (including phenoxy) is 1. The normalized spacial score (nSPS) is 14.0. The van der Waals surface area contributed by atoms with E-state index in [1.54, 1.807) is 24.3 Å². The number of esters is 1. The molecule has 1 heterocycles. The third kappa shape index (κ3) is 4.97. The number of nitrogens with zero attached hydrogens (tertiary/aromatic N) is 1. The highest BCUT2D eigenvalue weighted by molar-refractivity contribution is 6.03. The van der Waals surface area contributed by atoms with Gasteiger partial charge < -0.3 is 20.3 Å². The smallest absolute Gasteiger partial charge is 0.319 e. The number of carbonyl (C=O) groups excluding carboxylic acids is 3. The van der Waals surface area contributed by atoms with Gasteiger partial charge in [-0.3, -0.25) is 9.59 Å². The van der Waals surface area contributed by atoms with Gasteiger partial charge in [0.1, 0.15) is 0 Å². The van der Waals surface area contributed by atoms with Crippen molar-refractivity contribution < 1.29 is 19.1 Å². The number of piperidine rings is 1. The lowest BCUT2D eigenvalue weighted by Crippen LogP contribution is -2.36. The SMILES string of the molecule is COC(=O)CCNC(=O)Nc1ccccc1C(=O)N1CCCCC1. The lowest BCUT2D eigenvalue weighted by molar-refractivity contribution is -0.140. The molecule has 1 aromatic rings. The van der Waals surface area contributed by atoms with Crippen LogP contribution in [0.2, 0.25) is 0 Å². The van der Waals surface area contributed by atoms with Gasteiger partial charge in [-0.05, 0) is 31.4 Å². The Morgan fingerprint density at radius 3 is 2.54 bits per heavy atom. The molecule has 1 aliphatic rings. The van der Waals surface area contributed by atoms with E-state index in [0.717, 1.165) is 32.4 Å². The second-order valence-electron chi connectivity index (χ2n) is 5.61. The first-order valence-electron chi connectivity index (χ1n) is 8.12. The van der Waals surface area contributed by atoms with Gasteiger partial charge in [0.25, 0.3) is 5.91 Å². The lowest BCUT2D eigenvalue weighted by atomic mass is 10.1. The van der Waals surface area contributed by atoms with E-state index in [1.807, 2.05) is 4.90 Å². The summed E-state index contributed by atoms with van der Waals surface area (Å²) < 4.78 is 4.51. The minimum absolute atomic E-state index is 0.0693. The van der Waals surface area contributed by atoms with Crippen molar-refractivity contribution in [2.24, 2.45) is 0 Å². The Hall–Kier alpha value is -2.57. The molecule has 2 N–H and O–H groups in total. The molecule has 0 bridgehead atoms. The zero-order valence-corrected chi connectivity index (χ0v) is 13.8. The van der Waals surface area contributed by atoms with Gasteiger partial charge in [0.05, 0.1) is 24.8 Å². The van der Waals surface area contributed by atoms with E-state index < -0.39 is 12.0 Å². The summed E-state index contributed by atoms with van der Waals surface area (Å²) in [7, 11) is 1.30. The van der Waals surface area contributed by atoms with Crippen molar-refractivity contribution in [3.8, 4) is 0 Å². The van der Waals surface area contributed by atoms with Crippen molar-refractivity contribution in [3.05, 3.63) is 29.8 Å². The number of nitrogens with one attached hydrogen (secondary N) is 2. The molecular weight excluding hydrogens is 310 g/mol. The lowest BCUT2D eigenvalue weighted by Gasteiger charge is -2.27. The van der Waals surface area contributed by atoms with Crippen LogP contribution < -0.4 is 10.6 Å². The standard InChI is InChI=1S/C17H23N3O4/c1-24-15(21)9-10-18-17(23)19-14-8-4-3-7-13(14)16(22)20-11-5-2-6-12-20/h3-4,7-8H,2,5-6,9-12H2,1H3,(H2,18,19,23). The summed E-state index contributed by atoms with van der Waals surface area (Å²) in [6, 6.07) is 6.48. The Morgan fingerprint density at radius 1 is 1.12 bits per heavy atom. The van der Waals surface area contributed by atoms with E-state index in [1.165, 1.54) is 7.11 Å². The van der Waals surface area contributed by atoms with Crippen LogP contribution in [-0.4, -0.2) is 49.6 Å². The summed E-state index contributed by atoms with van der Waals surface area (Å²) in [4.78, 5) is 37.4. The predicted molar refractivity (Wildman–Crippen MR) is 89.9 cm³/mol. The average molecular weight is 333 g/mol. The molecule has 0 radical (unpaired) electrons. The number of hydrogen-bond donors (Lipinski definition) is 2. The molecule has 0 atom stereocenters. The summed E-state index contributed by atoms with van der Waals surface area (Å²) in [5.74, 6) is -0.462. The zero-order chi connectivity index (χ0) is 17.4. The Labute approximate surface area is 141 Å². The summed E-state index contributed by atoms with van der Waals surface area (Å²) in [5.41, 5.74) is 0.936. The van der Waals surface area contributed by atoms with Crippen molar-refractivity contribution in [1.82, 2.24) is 10.2 Å². The van der Waals surface area contributed by atoms with Crippen molar-refractivity contribution in [2.75, 3.05) is 32.1 Å². The molecule has 7 nitrogen and oxygen atoms in total. The summed E-state index contributed by atoms with van der Waals surface area (Å²) in [6.45, 7) is 1.66. The van der Waals surface area contributed by atoms with Crippen LogP contribution in [-0.2, 0) is 9.53 Å². The molecule has 130 valence electrons. The monoisotopic (exact) mass is 333 g/mol. The number of methoxy groups -OCH3 is 1. The van der Waals surface area contributed by atoms with Crippen LogP contribution in [0.25, 0.3) is 0 Å². The second kappa shape index (κ2) is 8.90. The van der Waals surface area contributed by atoms with E-state index >= 15 is 0 Å². The van der Waals surface area contributed by atoms with Gasteiger partial charge in [-0.1, -0.05) is 12.1 Å². The fourth-order valence-corrected chi connectivity index (χ4v) is 2.59. The van der Waals surface area contributed by atoms with Crippen molar-refractivity contribution in [3.63, 3.8) is 0 Å². The van der Waals surface area contributed by atoms with Crippen LogP contribution in [0.5, 0.6) is 0 Å². The van der Waals surface area contributed by atoms with Crippen molar-refractivity contribution in [1.29, 1.82) is 0 Å². The molecule has 0 aliphatic carbocycles. The molecule has 1 fully saturated rings. The minimum Gasteiger partial charge on any atom is -0.469 e. The predicted octanol–water partition coefficient (Wildman–Crippen LogP) is 2.00. The Bertz CT molecular complexity index is 597. The Morgan fingerprint density at radius 2 is 1.83 bits per heavy atom. The topological polar surface area (TPSA) is 87.7 Å². The quantitative estimate of drug-likeness (QED) is 0.807. The van der Waals surface area contributed by atoms with Gasteiger partial charge in [-0.25, -0.2) is 4.79 Å². The van der Waals surface area contributed by atoms with Crippen molar-refractivity contribution >= 4 is 23.6 Å². The number of likely N-dealkylation sites (tertiary alicyclic amines) is 1. The number of urea groups is 1. The minimum atomic E-state index is -0.460. The highest BCUT2D eigenvalue weighted by Crippen LogP contribution is 2.19. The van der Waals surface area contributed by atoms with Gasteiger partial charge in [-0.2, -0.15) is 0 Å². The van der Waals surface area contributed by atoms with Crippen LogP contribution >= 0.6 is 0 Å². The highest BCUT2D eigenvalue weighted by Gasteiger charge is 2.21. The molecule has 3 amide bonds.